The number of hydrogen-bond acceptors (Lipinski definition) is 5. The van der Waals surface area contributed by atoms with Gasteiger partial charge in [-0.2, -0.15) is 0 Å². The van der Waals surface area contributed by atoms with E-state index in [1.165, 1.54) is 26.4 Å². The van der Waals surface area contributed by atoms with E-state index in [1.54, 1.807) is 25.3 Å². The molecule has 0 aromatic heterocycles. The van der Waals surface area contributed by atoms with Crippen LogP contribution in [0.25, 0.3) is 0 Å². The lowest BCUT2D eigenvalue weighted by atomic mass is 10.2. The predicted octanol–water partition coefficient (Wildman–Crippen LogP) is 4.15. The minimum atomic E-state index is -0.463. The van der Waals surface area contributed by atoms with Crippen molar-refractivity contribution in [3.8, 4) is 17.2 Å². The highest BCUT2D eigenvalue weighted by Gasteiger charge is 2.15. The Morgan fingerprint density at radius 3 is 2.12 bits per heavy atom. The average Bonchev–Trinajstić information content (AvgIpc) is 2.61. The maximum Gasteiger partial charge on any atom is 0.257 e. The third-order valence-electron chi connectivity index (χ3n) is 3.33. The van der Waals surface area contributed by atoms with Crippen molar-refractivity contribution in [2.45, 2.75) is 0 Å². The fourth-order valence-electron chi connectivity index (χ4n) is 2.14. The van der Waals surface area contributed by atoms with Gasteiger partial charge in [-0.25, -0.2) is 0 Å². The van der Waals surface area contributed by atoms with Crippen LogP contribution in [-0.2, 0) is 0 Å². The Balaban J connectivity index is 2.09. The van der Waals surface area contributed by atoms with Crippen LogP contribution in [0.15, 0.2) is 30.3 Å². The average molecular weight is 415 g/mol. The summed E-state index contributed by atoms with van der Waals surface area (Å²) in [5, 5.41) is 6.00. The minimum Gasteiger partial charge on any atom is -0.494 e. The first-order valence-corrected chi connectivity index (χ1v) is 8.43. The highest BCUT2D eigenvalue weighted by Crippen LogP contribution is 2.34. The number of thiocarbonyl (C=S) groups is 1. The van der Waals surface area contributed by atoms with Gasteiger partial charge >= 0.3 is 0 Å². The number of ether oxygens (including phenoxy) is 3. The molecule has 0 aliphatic rings. The molecule has 0 saturated carbocycles. The van der Waals surface area contributed by atoms with E-state index in [2.05, 4.69) is 10.6 Å². The molecule has 0 unspecified atom stereocenters. The second kappa shape index (κ2) is 8.93. The topological polar surface area (TPSA) is 68.8 Å². The lowest BCUT2D eigenvalue weighted by molar-refractivity contribution is 0.0977. The van der Waals surface area contributed by atoms with Crippen LogP contribution < -0.4 is 24.8 Å². The van der Waals surface area contributed by atoms with E-state index in [1.807, 2.05) is 0 Å². The van der Waals surface area contributed by atoms with Crippen LogP contribution in [0.4, 0.5) is 5.69 Å². The lowest BCUT2D eigenvalue weighted by Gasteiger charge is -2.13. The summed E-state index contributed by atoms with van der Waals surface area (Å²) in [6, 6.07) is 8.04. The maximum atomic E-state index is 12.3. The van der Waals surface area contributed by atoms with Gasteiger partial charge in [0.2, 0.25) is 0 Å². The molecule has 138 valence electrons. The van der Waals surface area contributed by atoms with Gasteiger partial charge in [-0.15, -0.1) is 0 Å². The Bertz CT molecular complexity index is 823. The van der Waals surface area contributed by atoms with Gasteiger partial charge in [0.15, 0.2) is 22.4 Å². The van der Waals surface area contributed by atoms with Gasteiger partial charge in [0, 0.05) is 17.3 Å². The Kier molecular flexibility index (Phi) is 6.90. The Morgan fingerprint density at radius 1 is 0.962 bits per heavy atom. The summed E-state index contributed by atoms with van der Waals surface area (Å²) in [4.78, 5) is 12.3. The van der Waals surface area contributed by atoms with Crippen LogP contribution >= 0.6 is 35.4 Å². The van der Waals surface area contributed by atoms with E-state index in [4.69, 9.17) is 49.6 Å². The molecule has 0 spiro atoms. The zero-order valence-electron chi connectivity index (χ0n) is 14.2. The number of rotatable bonds is 5. The zero-order chi connectivity index (χ0) is 19.3. The van der Waals surface area contributed by atoms with Crippen LogP contribution in [0.3, 0.4) is 0 Å². The number of methoxy groups -OCH3 is 3. The van der Waals surface area contributed by atoms with Gasteiger partial charge in [-0.3, -0.25) is 10.1 Å². The number of hydrogen-bond donors (Lipinski definition) is 2. The third-order valence-corrected chi connectivity index (χ3v) is 4.10. The van der Waals surface area contributed by atoms with Crippen molar-refractivity contribution in [3.63, 3.8) is 0 Å². The van der Waals surface area contributed by atoms with Crippen LogP contribution in [0, 0.1) is 0 Å². The summed E-state index contributed by atoms with van der Waals surface area (Å²) >= 11 is 17.2. The van der Waals surface area contributed by atoms with Gasteiger partial charge in [0.1, 0.15) is 0 Å². The first-order chi connectivity index (χ1) is 12.4. The molecule has 0 fully saturated rings. The number of benzene rings is 2. The van der Waals surface area contributed by atoms with Crippen molar-refractivity contribution >= 4 is 52.1 Å². The highest BCUT2D eigenvalue weighted by atomic mass is 35.5. The molecule has 0 heterocycles. The largest absolute Gasteiger partial charge is 0.494 e. The Morgan fingerprint density at radius 2 is 1.58 bits per heavy atom. The van der Waals surface area contributed by atoms with Crippen LogP contribution in [0.2, 0.25) is 10.0 Å². The molecule has 1 amide bonds. The van der Waals surface area contributed by atoms with Crippen molar-refractivity contribution in [1.82, 2.24) is 5.32 Å². The number of halogens is 2. The molecule has 6 nitrogen and oxygen atoms in total. The van der Waals surface area contributed by atoms with Crippen molar-refractivity contribution in [3.05, 3.63) is 45.9 Å². The smallest absolute Gasteiger partial charge is 0.257 e. The van der Waals surface area contributed by atoms with Gasteiger partial charge in [0.25, 0.3) is 5.91 Å². The van der Waals surface area contributed by atoms with Crippen LogP contribution in [0.1, 0.15) is 10.4 Å². The molecule has 0 saturated heterocycles. The minimum absolute atomic E-state index is 0.102. The third kappa shape index (κ3) is 4.69. The molecule has 0 atom stereocenters. The second-order valence-corrected chi connectivity index (χ2v) is 6.17. The van der Waals surface area contributed by atoms with E-state index in [0.29, 0.717) is 22.9 Å². The highest BCUT2D eigenvalue weighted by molar-refractivity contribution is 7.80. The van der Waals surface area contributed by atoms with Gasteiger partial charge in [-0.05, 0) is 36.5 Å². The van der Waals surface area contributed by atoms with Gasteiger partial charge in [0.05, 0.1) is 31.4 Å². The number of amides is 1. The second-order valence-electron chi connectivity index (χ2n) is 4.95. The molecular weight excluding hydrogens is 399 g/mol. The monoisotopic (exact) mass is 414 g/mol. The van der Waals surface area contributed by atoms with E-state index in [-0.39, 0.29) is 20.7 Å². The van der Waals surface area contributed by atoms with Crippen LogP contribution in [0.5, 0.6) is 17.2 Å². The molecule has 26 heavy (non-hydrogen) atoms. The molecule has 0 aliphatic carbocycles. The van der Waals surface area contributed by atoms with E-state index in [9.17, 15) is 4.79 Å². The molecule has 0 aliphatic heterocycles. The van der Waals surface area contributed by atoms with Crippen molar-refractivity contribution < 1.29 is 19.0 Å². The molecule has 0 radical (unpaired) electrons. The van der Waals surface area contributed by atoms with Crippen molar-refractivity contribution in [2.75, 3.05) is 26.6 Å². The summed E-state index contributed by atoms with van der Waals surface area (Å²) in [6.45, 7) is 0. The summed E-state index contributed by atoms with van der Waals surface area (Å²) in [5.74, 6) is 0.946. The van der Waals surface area contributed by atoms with Gasteiger partial charge in [-0.1, -0.05) is 23.2 Å². The summed E-state index contributed by atoms with van der Waals surface area (Å²) in [5.41, 5.74) is 0.871. The fourth-order valence-corrected chi connectivity index (χ4v) is 2.99. The number of nitrogens with one attached hydrogen (secondary N) is 2. The zero-order valence-corrected chi connectivity index (χ0v) is 16.5. The van der Waals surface area contributed by atoms with E-state index < -0.39 is 5.91 Å². The number of carbonyl (C=O) groups is 1. The molecular formula is C17H16Cl2N2O4S. The Labute approximate surface area is 166 Å². The Hall–Kier alpha value is -2.22. The maximum absolute atomic E-state index is 12.3. The quantitative estimate of drug-likeness (QED) is 0.716. The summed E-state index contributed by atoms with van der Waals surface area (Å²) < 4.78 is 15.4. The first-order valence-electron chi connectivity index (χ1n) is 7.27. The predicted molar refractivity (Wildman–Crippen MR) is 106 cm³/mol. The lowest BCUT2D eigenvalue weighted by Crippen LogP contribution is -2.34. The summed E-state index contributed by atoms with van der Waals surface area (Å²) in [7, 11) is 4.51. The molecule has 2 N–H and O–H groups in total. The first kappa shape index (κ1) is 20.1. The molecule has 2 aromatic carbocycles. The summed E-state index contributed by atoms with van der Waals surface area (Å²) in [6.07, 6.45) is 0. The standard InChI is InChI=1S/C17H16Cl2N2O4S/c1-23-13-5-4-10(8-14(13)24-2)20-17(26)21-16(22)9-6-11(18)15(25-3)12(19)7-9/h4-8H,1-3H3,(H2,20,21,22,26). The fraction of sp³-hybridized carbons (Fsp3) is 0.176. The van der Waals surface area contributed by atoms with Crippen LogP contribution in [-0.4, -0.2) is 32.3 Å². The molecule has 0 bridgehead atoms. The number of anilines is 1. The van der Waals surface area contributed by atoms with E-state index >= 15 is 0 Å². The van der Waals surface area contributed by atoms with Crippen molar-refractivity contribution in [2.24, 2.45) is 0 Å². The molecule has 2 rings (SSSR count). The van der Waals surface area contributed by atoms with Crippen molar-refractivity contribution in [1.29, 1.82) is 0 Å². The van der Waals surface area contributed by atoms with Gasteiger partial charge < -0.3 is 19.5 Å². The normalized spacial score (nSPS) is 10.0. The SMILES string of the molecule is COc1ccc(NC(=S)NC(=O)c2cc(Cl)c(OC)c(Cl)c2)cc1OC. The molecule has 9 heteroatoms. The number of carbonyl (C=O) groups excluding carboxylic acids is 1. The molecule has 2 aromatic rings. The van der Waals surface area contributed by atoms with E-state index in [0.717, 1.165) is 0 Å².